The van der Waals surface area contributed by atoms with Gasteiger partial charge >= 0.3 is 6.09 Å². The van der Waals surface area contributed by atoms with Crippen molar-refractivity contribution in [2.24, 2.45) is 0 Å². The highest BCUT2D eigenvalue weighted by atomic mass is 32.2. The Kier molecular flexibility index (Phi) is 11.6. The lowest BCUT2D eigenvalue weighted by molar-refractivity contribution is -0.131. The molecule has 42 heavy (non-hydrogen) atoms. The normalized spacial score (nSPS) is 14.7. The number of carbonyl (C=O) groups excluding carboxylic acids is 2. The van der Waals surface area contributed by atoms with Gasteiger partial charge in [-0.3, -0.25) is 14.9 Å². The Balaban J connectivity index is 1.54. The molecule has 0 saturated carbocycles. The zero-order chi connectivity index (χ0) is 30.8. The summed E-state index contributed by atoms with van der Waals surface area (Å²) in [5, 5.41) is 9.24. The second-order valence-electron chi connectivity index (χ2n) is 10.4. The average molecular weight is 603 g/mol. The van der Waals surface area contributed by atoms with Crippen LogP contribution in [0, 0.1) is 11.8 Å². The van der Waals surface area contributed by atoms with Gasteiger partial charge in [0.2, 0.25) is 10.0 Å². The number of benzene rings is 2. The zero-order valence-corrected chi connectivity index (χ0v) is 25.1. The van der Waals surface area contributed by atoms with E-state index >= 15 is 0 Å². The molecule has 3 N–H and O–H groups in total. The largest absolute Gasteiger partial charge is 0.492 e. The van der Waals surface area contributed by atoms with E-state index in [1.807, 2.05) is 20.8 Å². The van der Waals surface area contributed by atoms with Crippen LogP contribution in [0.25, 0.3) is 0 Å². The lowest BCUT2D eigenvalue weighted by Gasteiger charge is -2.35. The predicted octanol–water partition coefficient (Wildman–Crippen LogP) is 2.55. The maximum absolute atomic E-state index is 13.0. The van der Waals surface area contributed by atoms with E-state index in [1.165, 1.54) is 29.7 Å². The van der Waals surface area contributed by atoms with Gasteiger partial charge in [-0.2, -0.15) is 4.72 Å². The molecule has 12 nitrogen and oxygen atoms in total. The number of rotatable bonds is 11. The van der Waals surface area contributed by atoms with Gasteiger partial charge < -0.3 is 19.1 Å². The molecule has 13 heteroatoms. The fourth-order valence-corrected chi connectivity index (χ4v) is 5.18. The van der Waals surface area contributed by atoms with E-state index in [-0.39, 0.29) is 17.6 Å². The summed E-state index contributed by atoms with van der Waals surface area (Å²) in [5.74, 6) is 5.47. The quantitative estimate of drug-likeness (QED) is 0.201. The van der Waals surface area contributed by atoms with Crippen LogP contribution in [0.1, 0.15) is 39.3 Å². The minimum Gasteiger partial charge on any atom is -0.492 e. The molecule has 0 radical (unpaired) electrons. The fraction of sp³-hybridized carbons (Fsp3) is 0.448. The number of sulfonamides is 1. The highest BCUT2D eigenvalue weighted by Gasteiger charge is 2.28. The molecular weight excluding hydrogens is 564 g/mol. The first kappa shape index (κ1) is 32.7. The standard InChI is InChI=1S/C29H38N4O8S/c1-5-6-20-39-24-11-13-25(14-12-24)42(37,38)31-26(27(34)30-36)22-7-9-23(10-8-22)40-21-19-32-15-17-33(18-16-32)28(35)41-29(2,3)4/h7-14,26,31,36H,15-21H2,1-4H3,(H,30,34). The van der Waals surface area contributed by atoms with Crippen molar-refractivity contribution in [1.82, 2.24) is 20.0 Å². The van der Waals surface area contributed by atoms with Gasteiger partial charge in [0, 0.05) is 32.7 Å². The van der Waals surface area contributed by atoms with Crippen molar-refractivity contribution in [3.63, 3.8) is 0 Å². The minimum atomic E-state index is -4.13. The van der Waals surface area contributed by atoms with Crippen molar-refractivity contribution in [2.45, 2.75) is 44.2 Å². The number of nitrogens with zero attached hydrogens (tertiary/aromatic N) is 2. The molecule has 0 spiro atoms. The second kappa shape index (κ2) is 14.9. The van der Waals surface area contributed by atoms with E-state index in [9.17, 15) is 23.2 Å². The fourth-order valence-electron chi connectivity index (χ4n) is 4.00. The van der Waals surface area contributed by atoms with Crippen molar-refractivity contribution in [1.29, 1.82) is 0 Å². The number of hydrogen-bond acceptors (Lipinski definition) is 9. The summed E-state index contributed by atoms with van der Waals surface area (Å²) in [6.45, 7) is 11.0. The summed E-state index contributed by atoms with van der Waals surface area (Å²) in [6, 6.07) is 10.6. The first-order valence-corrected chi connectivity index (χ1v) is 14.9. The van der Waals surface area contributed by atoms with E-state index in [0.29, 0.717) is 56.4 Å². The molecular formula is C29H38N4O8S. The molecule has 2 aromatic carbocycles. The lowest BCUT2D eigenvalue weighted by Crippen LogP contribution is -2.50. The highest BCUT2D eigenvalue weighted by molar-refractivity contribution is 7.89. The van der Waals surface area contributed by atoms with Crippen molar-refractivity contribution in [2.75, 3.05) is 45.9 Å². The molecule has 3 rings (SSSR count). The van der Waals surface area contributed by atoms with Crippen molar-refractivity contribution in [3.05, 3.63) is 54.1 Å². The molecule has 1 aliphatic heterocycles. The Morgan fingerprint density at radius 3 is 2.14 bits per heavy atom. The molecule has 1 fully saturated rings. The SMILES string of the molecule is CC#CCOc1ccc(S(=O)(=O)NC(C(=O)NO)c2ccc(OCCN3CCN(C(=O)OC(C)(C)C)CC3)cc2)cc1. The molecule has 228 valence electrons. The smallest absolute Gasteiger partial charge is 0.410 e. The van der Waals surface area contributed by atoms with Gasteiger partial charge in [0.25, 0.3) is 5.91 Å². The van der Waals surface area contributed by atoms with Gasteiger partial charge in [0.1, 0.15) is 36.4 Å². The van der Waals surface area contributed by atoms with Crippen LogP contribution in [0.15, 0.2) is 53.4 Å². The Labute approximate surface area is 246 Å². The molecule has 1 saturated heterocycles. The minimum absolute atomic E-state index is 0.0842. The van der Waals surface area contributed by atoms with Gasteiger partial charge in [0.15, 0.2) is 0 Å². The monoisotopic (exact) mass is 602 g/mol. The molecule has 1 aliphatic rings. The third-order valence-corrected chi connectivity index (χ3v) is 7.62. The van der Waals surface area contributed by atoms with Gasteiger partial charge in [-0.1, -0.05) is 18.1 Å². The van der Waals surface area contributed by atoms with Crippen LogP contribution < -0.4 is 19.7 Å². The van der Waals surface area contributed by atoms with E-state index in [0.717, 1.165) is 0 Å². The first-order valence-electron chi connectivity index (χ1n) is 13.4. The van der Waals surface area contributed by atoms with Crippen molar-refractivity contribution in [3.8, 4) is 23.3 Å². The molecule has 1 atom stereocenters. The number of amides is 2. The summed E-state index contributed by atoms with van der Waals surface area (Å²) in [5.41, 5.74) is 1.28. The third-order valence-electron chi connectivity index (χ3n) is 6.18. The van der Waals surface area contributed by atoms with Crippen LogP contribution in [0.3, 0.4) is 0 Å². The topological polar surface area (TPSA) is 147 Å². The Bertz CT molecular complexity index is 1360. The molecule has 2 aromatic rings. The number of carbonyl (C=O) groups is 2. The average Bonchev–Trinajstić information content (AvgIpc) is 2.96. The van der Waals surface area contributed by atoms with E-state index in [1.54, 1.807) is 36.1 Å². The summed E-state index contributed by atoms with van der Waals surface area (Å²) in [7, 11) is -4.13. The van der Waals surface area contributed by atoms with Crippen LogP contribution in [0.5, 0.6) is 11.5 Å². The van der Waals surface area contributed by atoms with Gasteiger partial charge in [-0.25, -0.2) is 18.7 Å². The lowest BCUT2D eigenvalue weighted by atomic mass is 10.1. The van der Waals surface area contributed by atoms with Gasteiger partial charge in [-0.05, 0) is 69.7 Å². The number of hydrogen-bond donors (Lipinski definition) is 3. The van der Waals surface area contributed by atoms with Crippen LogP contribution >= 0.6 is 0 Å². The molecule has 2 amide bonds. The predicted molar refractivity (Wildman–Crippen MR) is 155 cm³/mol. The number of hydroxylamine groups is 1. The number of nitrogens with one attached hydrogen (secondary N) is 2. The Hall–Kier alpha value is -3.83. The van der Waals surface area contributed by atoms with E-state index < -0.39 is 27.6 Å². The third kappa shape index (κ3) is 9.92. The summed E-state index contributed by atoms with van der Waals surface area (Å²) >= 11 is 0. The molecule has 1 heterocycles. The van der Waals surface area contributed by atoms with Crippen LogP contribution in [0.2, 0.25) is 0 Å². The maximum Gasteiger partial charge on any atom is 0.410 e. The molecule has 0 bridgehead atoms. The molecule has 0 aliphatic carbocycles. The van der Waals surface area contributed by atoms with Crippen molar-refractivity contribution >= 4 is 22.0 Å². The van der Waals surface area contributed by atoms with Gasteiger partial charge in [0.05, 0.1) is 4.90 Å². The second-order valence-corrected chi connectivity index (χ2v) is 12.2. The zero-order valence-electron chi connectivity index (χ0n) is 24.3. The maximum atomic E-state index is 13.0. The summed E-state index contributed by atoms with van der Waals surface area (Å²) in [6.07, 6.45) is -0.310. The number of piperazine rings is 1. The number of ether oxygens (including phenoxy) is 3. The van der Waals surface area contributed by atoms with Crippen molar-refractivity contribution < 1.29 is 37.4 Å². The van der Waals surface area contributed by atoms with Crippen LogP contribution in [0.4, 0.5) is 4.79 Å². The highest BCUT2D eigenvalue weighted by Crippen LogP contribution is 2.22. The van der Waals surface area contributed by atoms with Crippen LogP contribution in [-0.2, 0) is 19.6 Å². The molecule has 1 unspecified atom stereocenters. The summed E-state index contributed by atoms with van der Waals surface area (Å²) < 4.78 is 45.0. The first-order chi connectivity index (χ1) is 19.9. The van der Waals surface area contributed by atoms with Crippen LogP contribution in [-0.4, -0.2) is 87.0 Å². The van der Waals surface area contributed by atoms with E-state index in [2.05, 4.69) is 21.5 Å². The molecule has 0 aromatic heterocycles. The Morgan fingerprint density at radius 2 is 1.57 bits per heavy atom. The Morgan fingerprint density at radius 1 is 0.976 bits per heavy atom. The van der Waals surface area contributed by atoms with E-state index in [4.69, 9.17) is 14.2 Å². The van der Waals surface area contributed by atoms with Gasteiger partial charge in [-0.15, -0.1) is 5.92 Å². The summed E-state index contributed by atoms with van der Waals surface area (Å²) in [4.78, 5) is 28.4.